The van der Waals surface area contributed by atoms with Crippen molar-refractivity contribution in [3.05, 3.63) is 272 Å². The highest BCUT2D eigenvalue weighted by Gasteiger charge is 2.48. The van der Waals surface area contributed by atoms with Gasteiger partial charge >= 0.3 is 0 Å². The Kier molecular flexibility index (Phi) is 9.87. The van der Waals surface area contributed by atoms with Crippen LogP contribution in [0.3, 0.4) is 0 Å². The van der Waals surface area contributed by atoms with Crippen LogP contribution >= 0.6 is 22.7 Å². The largest absolute Gasteiger partial charge is 0.316 e. The number of nitriles is 1. The minimum absolute atomic E-state index is 0.424. The second kappa shape index (κ2) is 17.4. The van der Waals surface area contributed by atoms with Gasteiger partial charge in [-0.1, -0.05) is 231 Å². The first kappa shape index (κ1) is 45.9. The predicted molar refractivity (Wildman–Crippen MR) is 345 cm³/mol. The van der Waals surface area contributed by atoms with Crippen molar-refractivity contribution < 1.29 is 0 Å². The lowest BCUT2D eigenvalue weighted by atomic mass is 9.88. The van der Waals surface area contributed by atoms with E-state index in [1.54, 1.807) is 22.7 Å². The van der Waals surface area contributed by atoms with E-state index < -0.39 is 8.07 Å². The van der Waals surface area contributed by atoms with E-state index in [0.29, 0.717) is 16.8 Å². The van der Waals surface area contributed by atoms with Crippen molar-refractivity contribution >= 4 is 141 Å². The van der Waals surface area contributed by atoms with Crippen LogP contribution in [0.4, 0.5) is 5.69 Å². The molecule has 7 heteroatoms. The summed E-state index contributed by atoms with van der Waals surface area (Å²) in [6.07, 6.45) is 0. The number of fused-ring (bicyclic) bond motifs is 17. The standard InChI is InChI=1S/C74H42N4S2Si/c1-76-68-66(45-21-5-2-6-22-45)59(44-75)69(77-60-32-16-11-27-49(60)58-43-48(37-42-61(58)77)81(47-25-9-4-10-26-47)64-35-19-14-30-52(64)53-31-15-20-36-65(53)81)67(46-23-7-3-8-24-46)72(68)78-70-54(38-40-56-50-28-12-17-33-62(50)79-73(56)70)55-39-41-57-51-29-13-18-34-63(51)80-74(57)71(55)78/h2-43H. The van der Waals surface area contributed by atoms with Crippen LogP contribution < -0.4 is 20.7 Å². The molecule has 0 saturated carbocycles. The molecule has 12 aromatic carbocycles. The van der Waals surface area contributed by atoms with E-state index in [0.717, 1.165) is 81.1 Å². The Balaban J connectivity index is 1.09. The summed E-state index contributed by atoms with van der Waals surface area (Å²) in [5, 5.41) is 26.8. The number of hydrogen-bond acceptors (Lipinski definition) is 3. The van der Waals surface area contributed by atoms with Gasteiger partial charge in [0.2, 0.25) is 5.69 Å². The summed E-state index contributed by atoms with van der Waals surface area (Å²) in [5.74, 6) is 0. The van der Waals surface area contributed by atoms with Crippen molar-refractivity contribution in [1.82, 2.24) is 9.13 Å². The van der Waals surface area contributed by atoms with Crippen LogP contribution in [0.15, 0.2) is 255 Å². The second-order valence-electron chi connectivity index (χ2n) is 21.1. The number of hydrogen-bond donors (Lipinski definition) is 0. The Morgan fingerprint density at radius 3 is 1.46 bits per heavy atom. The summed E-state index contributed by atoms with van der Waals surface area (Å²) in [6.45, 7) is 9.64. The smallest absolute Gasteiger partial charge is 0.220 e. The first-order valence-electron chi connectivity index (χ1n) is 27.3. The van der Waals surface area contributed by atoms with Gasteiger partial charge in [-0.3, -0.25) is 0 Å². The van der Waals surface area contributed by atoms with Crippen LogP contribution in [0.1, 0.15) is 5.56 Å². The summed E-state index contributed by atoms with van der Waals surface area (Å²) in [7, 11) is -2.91. The molecule has 1 aliphatic heterocycles. The quantitative estimate of drug-likeness (QED) is 0.121. The Morgan fingerprint density at radius 2 is 0.877 bits per heavy atom. The monoisotopic (exact) mass is 1080 g/mol. The third-order valence-corrected chi connectivity index (χ3v) is 24.5. The highest BCUT2D eigenvalue weighted by atomic mass is 32.1. The summed E-state index contributed by atoms with van der Waals surface area (Å²) >= 11 is 3.61. The summed E-state index contributed by atoms with van der Waals surface area (Å²) in [4.78, 5) is 4.71. The molecule has 374 valence electrons. The van der Waals surface area contributed by atoms with Crippen molar-refractivity contribution in [2.45, 2.75) is 0 Å². The first-order valence-corrected chi connectivity index (χ1v) is 30.9. The molecule has 0 aliphatic carbocycles. The lowest BCUT2D eigenvalue weighted by molar-refractivity contribution is 1.14. The first-order chi connectivity index (χ1) is 40.1. The molecule has 5 heterocycles. The molecular formula is C74H42N4S2Si. The summed E-state index contributed by atoms with van der Waals surface area (Å²) < 4.78 is 9.53. The molecular weight excluding hydrogens is 1040 g/mol. The van der Waals surface area contributed by atoms with Crippen molar-refractivity contribution in [1.29, 1.82) is 5.26 Å². The van der Waals surface area contributed by atoms with Crippen LogP contribution in [-0.4, -0.2) is 17.2 Å². The van der Waals surface area contributed by atoms with Gasteiger partial charge in [-0.05, 0) is 67.3 Å². The zero-order valence-corrected chi connectivity index (χ0v) is 46.0. The SMILES string of the molecule is [C-]#[N+]c1c(-c2ccccc2)c(C#N)c(-n2c3ccccc3c3cc([Si]4(c5ccccc5)c5ccccc5-c5ccccc54)ccc32)c(-c2ccccc2)c1-n1c2c(ccc3c4ccccc4sc32)c2ccc3c4ccccc4sc3c21. The maximum Gasteiger partial charge on any atom is 0.220 e. The summed E-state index contributed by atoms with van der Waals surface area (Å²) in [5.41, 5.74) is 12.1. The minimum Gasteiger partial charge on any atom is -0.316 e. The fraction of sp³-hybridized carbons (Fsp3) is 0. The Morgan fingerprint density at radius 1 is 0.395 bits per heavy atom. The van der Waals surface area contributed by atoms with Crippen molar-refractivity contribution in [2.24, 2.45) is 0 Å². The molecule has 81 heavy (non-hydrogen) atoms. The second-order valence-corrected chi connectivity index (χ2v) is 27.0. The lowest BCUT2D eigenvalue weighted by Gasteiger charge is -2.31. The predicted octanol–water partition coefficient (Wildman–Crippen LogP) is 17.7. The van der Waals surface area contributed by atoms with Gasteiger partial charge in [0.05, 0.1) is 55.0 Å². The van der Waals surface area contributed by atoms with Gasteiger partial charge in [-0.2, -0.15) is 5.26 Å². The van der Waals surface area contributed by atoms with Crippen LogP contribution in [0, 0.1) is 17.9 Å². The zero-order chi connectivity index (χ0) is 53.5. The van der Waals surface area contributed by atoms with Crippen molar-refractivity contribution in [3.8, 4) is 50.8 Å². The van der Waals surface area contributed by atoms with E-state index in [-0.39, 0.29) is 0 Å². The molecule has 4 nitrogen and oxygen atoms in total. The number of thiophene rings is 2. The van der Waals surface area contributed by atoms with E-state index in [1.807, 2.05) is 18.2 Å². The number of aromatic nitrogens is 2. The highest BCUT2D eigenvalue weighted by Crippen LogP contribution is 2.55. The molecule has 0 amide bonds. The van der Waals surface area contributed by atoms with Gasteiger partial charge in [0.1, 0.15) is 6.07 Å². The molecule has 16 aromatic rings. The van der Waals surface area contributed by atoms with Crippen molar-refractivity contribution in [2.75, 3.05) is 0 Å². The molecule has 0 unspecified atom stereocenters. The fourth-order valence-corrected chi connectivity index (χ4v) is 21.7. The topological polar surface area (TPSA) is 38.0 Å². The Bertz CT molecular complexity index is 5270. The molecule has 0 radical (unpaired) electrons. The van der Waals surface area contributed by atoms with E-state index >= 15 is 0 Å². The normalized spacial score (nSPS) is 12.8. The molecule has 0 atom stereocenters. The van der Waals surface area contributed by atoms with Crippen LogP contribution in [0.5, 0.6) is 0 Å². The van der Waals surface area contributed by atoms with Gasteiger partial charge in [0.15, 0.2) is 8.07 Å². The Labute approximate surface area is 475 Å². The van der Waals surface area contributed by atoms with Gasteiger partial charge in [0.25, 0.3) is 0 Å². The number of nitrogens with zero attached hydrogens (tertiary/aromatic N) is 4. The van der Waals surface area contributed by atoms with Crippen molar-refractivity contribution in [3.63, 3.8) is 0 Å². The maximum absolute atomic E-state index is 12.3. The van der Waals surface area contributed by atoms with Gasteiger partial charge in [-0.15, -0.1) is 22.7 Å². The highest BCUT2D eigenvalue weighted by molar-refractivity contribution is 7.27. The molecule has 1 aliphatic rings. The number of rotatable bonds is 6. The van der Waals surface area contributed by atoms with Gasteiger partial charge in [-0.25, -0.2) is 4.85 Å². The lowest BCUT2D eigenvalue weighted by Crippen LogP contribution is -2.72. The van der Waals surface area contributed by atoms with Gasteiger partial charge in [0, 0.05) is 63.6 Å². The maximum atomic E-state index is 12.3. The zero-order valence-electron chi connectivity index (χ0n) is 43.4. The van der Waals surface area contributed by atoms with E-state index in [4.69, 9.17) is 4.85 Å². The van der Waals surface area contributed by atoms with E-state index in [9.17, 15) is 11.8 Å². The van der Waals surface area contributed by atoms with Gasteiger partial charge < -0.3 is 9.13 Å². The summed E-state index contributed by atoms with van der Waals surface area (Å²) in [6, 6.07) is 95.3. The van der Waals surface area contributed by atoms with Crippen LogP contribution in [0.2, 0.25) is 0 Å². The molecule has 0 saturated heterocycles. The molecule has 0 spiro atoms. The molecule has 0 bridgehead atoms. The average Bonchev–Trinajstić information content (AvgIpc) is 4.54. The van der Waals surface area contributed by atoms with Crippen LogP contribution in [-0.2, 0) is 0 Å². The third kappa shape index (κ3) is 6.20. The fourth-order valence-electron chi connectivity index (χ4n) is 14.1. The Hall–Kier alpha value is -10.1. The third-order valence-electron chi connectivity index (χ3n) is 17.3. The average molecular weight is 1080 g/mol. The van der Waals surface area contributed by atoms with E-state index in [2.05, 4.69) is 252 Å². The molecule has 0 N–H and O–H groups in total. The molecule has 4 aromatic heterocycles. The van der Waals surface area contributed by atoms with Crippen LogP contribution in [0.25, 0.3) is 134 Å². The molecule has 0 fully saturated rings. The number of benzene rings is 12. The molecule has 17 rings (SSSR count). The number of para-hydroxylation sites is 1. The minimum atomic E-state index is -2.91. The van der Waals surface area contributed by atoms with E-state index in [1.165, 1.54) is 62.8 Å².